The fraction of sp³-hybridized carbons (Fsp3) is 0.562. The van der Waals surface area contributed by atoms with Gasteiger partial charge in [-0.3, -0.25) is 0 Å². The molecular weight excluding hydrogens is 288 g/mol. The lowest BCUT2D eigenvalue weighted by Gasteiger charge is -2.34. The standard InChI is InChI=1S/C16H23ClN2O2/c1-12(20)14-3-2-10-19(11-14)16(21)18-9-8-13-4-6-15(17)7-5-13/h4-7,12,14,20H,2-3,8-11H2,1H3,(H,18,21). The van der Waals surface area contributed by atoms with Crippen LogP contribution in [0.3, 0.4) is 0 Å². The number of carbonyl (C=O) groups is 1. The lowest BCUT2D eigenvalue weighted by atomic mass is 9.94. The Kier molecular flexibility index (Phi) is 5.88. The van der Waals surface area contributed by atoms with E-state index in [2.05, 4.69) is 5.32 Å². The van der Waals surface area contributed by atoms with Gasteiger partial charge in [-0.25, -0.2) is 4.79 Å². The molecule has 0 radical (unpaired) electrons. The first-order chi connectivity index (χ1) is 10.1. The van der Waals surface area contributed by atoms with Crippen molar-refractivity contribution in [3.63, 3.8) is 0 Å². The summed E-state index contributed by atoms with van der Waals surface area (Å²) in [4.78, 5) is 13.9. The summed E-state index contributed by atoms with van der Waals surface area (Å²) in [6, 6.07) is 7.62. The number of urea groups is 1. The SMILES string of the molecule is CC(O)C1CCCN(C(=O)NCCc2ccc(Cl)cc2)C1. The molecule has 0 saturated carbocycles. The van der Waals surface area contributed by atoms with E-state index in [0.29, 0.717) is 13.1 Å². The first-order valence-corrected chi connectivity index (χ1v) is 7.89. The number of carbonyl (C=O) groups excluding carboxylic acids is 1. The second kappa shape index (κ2) is 7.66. The van der Waals surface area contributed by atoms with Crippen LogP contribution in [0.2, 0.25) is 5.02 Å². The van der Waals surface area contributed by atoms with Crippen molar-refractivity contribution in [2.24, 2.45) is 5.92 Å². The number of halogens is 1. The van der Waals surface area contributed by atoms with Gasteiger partial charge in [0.1, 0.15) is 0 Å². The molecule has 2 amide bonds. The largest absolute Gasteiger partial charge is 0.393 e. The van der Waals surface area contributed by atoms with Crippen LogP contribution >= 0.6 is 11.6 Å². The normalized spacial score (nSPS) is 20.1. The summed E-state index contributed by atoms with van der Waals surface area (Å²) in [6.45, 7) is 3.82. The fourth-order valence-electron chi connectivity index (χ4n) is 2.66. The Labute approximate surface area is 131 Å². The molecule has 1 aliphatic rings. The third kappa shape index (κ3) is 4.90. The zero-order valence-corrected chi connectivity index (χ0v) is 13.1. The van der Waals surface area contributed by atoms with Gasteiger partial charge in [-0.15, -0.1) is 0 Å². The van der Waals surface area contributed by atoms with Gasteiger partial charge in [0, 0.05) is 30.6 Å². The highest BCUT2D eigenvalue weighted by Gasteiger charge is 2.26. The zero-order chi connectivity index (χ0) is 15.2. The van der Waals surface area contributed by atoms with Gasteiger partial charge in [-0.1, -0.05) is 23.7 Å². The lowest BCUT2D eigenvalue weighted by molar-refractivity contribution is 0.0740. The molecule has 0 aliphatic carbocycles. The van der Waals surface area contributed by atoms with Crippen molar-refractivity contribution in [1.29, 1.82) is 0 Å². The Morgan fingerprint density at radius 1 is 1.48 bits per heavy atom. The van der Waals surface area contributed by atoms with E-state index in [1.54, 1.807) is 6.92 Å². The first kappa shape index (κ1) is 16.1. The molecule has 1 heterocycles. The van der Waals surface area contributed by atoms with Crippen molar-refractivity contribution < 1.29 is 9.90 Å². The summed E-state index contributed by atoms with van der Waals surface area (Å²) in [5.41, 5.74) is 1.15. The van der Waals surface area contributed by atoms with Gasteiger partial charge in [0.2, 0.25) is 0 Å². The lowest BCUT2D eigenvalue weighted by Crippen LogP contribution is -2.47. The number of piperidine rings is 1. The molecule has 5 heteroatoms. The summed E-state index contributed by atoms with van der Waals surface area (Å²) in [5.74, 6) is 0.195. The number of likely N-dealkylation sites (tertiary alicyclic amines) is 1. The van der Waals surface area contributed by atoms with Gasteiger partial charge < -0.3 is 15.3 Å². The van der Waals surface area contributed by atoms with Crippen LogP contribution in [0.4, 0.5) is 4.79 Å². The maximum atomic E-state index is 12.1. The third-order valence-corrected chi connectivity index (χ3v) is 4.28. The molecule has 0 spiro atoms. The van der Waals surface area contributed by atoms with Gasteiger partial charge >= 0.3 is 6.03 Å². The number of hydrogen-bond acceptors (Lipinski definition) is 2. The minimum atomic E-state index is -0.352. The van der Waals surface area contributed by atoms with Crippen molar-refractivity contribution in [2.45, 2.75) is 32.3 Å². The zero-order valence-electron chi connectivity index (χ0n) is 12.4. The second-order valence-corrected chi connectivity index (χ2v) is 6.13. The Morgan fingerprint density at radius 2 is 2.19 bits per heavy atom. The van der Waals surface area contributed by atoms with Crippen molar-refractivity contribution in [3.05, 3.63) is 34.9 Å². The van der Waals surface area contributed by atoms with E-state index < -0.39 is 0 Å². The molecule has 0 aromatic heterocycles. The predicted octanol–water partition coefficient (Wildman–Crippen LogP) is 2.68. The molecule has 116 valence electrons. The van der Waals surface area contributed by atoms with E-state index in [1.807, 2.05) is 29.2 Å². The number of rotatable bonds is 4. The van der Waals surface area contributed by atoms with Crippen LogP contribution in [0.1, 0.15) is 25.3 Å². The molecule has 4 nitrogen and oxygen atoms in total. The summed E-state index contributed by atoms with van der Waals surface area (Å²) in [5, 5.41) is 13.3. The van der Waals surface area contributed by atoms with Crippen molar-refractivity contribution >= 4 is 17.6 Å². The van der Waals surface area contributed by atoms with Crippen LogP contribution in [-0.4, -0.2) is 41.8 Å². The molecule has 2 unspecified atom stereocenters. The quantitative estimate of drug-likeness (QED) is 0.898. The van der Waals surface area contributed by atoms with Gasteiger partial charge in [0.25, 0.3) is 0 Å². The molecule has 2 rings (SSSR count). The van der Waals surface area contributed by atoms with E-state index in [-0.39, 0.29) is 18.1 Å². The second-order valence-electron chi connectivity index (χ2n) is 5.70. The summed E-state index contributed by atoms with van der Waals surface area (Å²) in [6.07, 6.45) is 2.39. The summed E-state index contributed by atoms with van der Waals surface area (Å²) in [7, 11) is 0. The molecule has 2 atom stereocenters. The average molecular weight is 311 g/mol. The van der Waals surface area contributed by atoms with Crippen molar-refractivity contribution in [1.82, 2.24) is 10.2 Å². The Bertz CT molecular complexity index is 462. The molecular formula is C16H23ClN2O2. The highest BCUT2D eigenvalue weighted by molar-refractivity contribution is 6.30. The molecule has 1 aromatic rings. The van der Waals surface area contributed by atoms with Gasteiger partial charge in [0.15, 0.2) is 0 Å². The van der Waals surface area contributed by atoms with E-state index in [4.69, 9.17) is 11.6 Å². The Morgan fingerprint density at radius 3 is 2.86 bits per heavy atom. The van der Waals surface area contributed by atoms with Crippen LogP contribution in [0.15, 0.2) is 24.3 Å². The van der Waals surface area contributed by atoms with Crippen molar-refractivity contribution in [2.75, 3.05) is 19.6 Å². The molecule has 21 heavy (non-hydrogen) atoms. The molecule has 1 aromatic carbocycles. The van der Waals surface area contributed by atoms with Crippen molar-refractivity contribution in [3.8, 4) is 0 Å². The highest BCUT2D eigenvalue weighted by Crippen LogP contribution is 2.19. The third-order valence-electron chi connectivity index (χ3n) is 4.03. The number of hydrogen-bond donors (Lipinski definition) is 2. The monoisotopic (exact) mass is 310 g/mol. The number of aliphatic hydroxyl groups is 1. The van der Waals surface area contributed by atoms with E-state index >= 15 is 0 Å². The first-order valence-electron chi connectivity index (χ1n) is 7.51. The topological polar surface area (TPSA) is 52.6 Å². The van der Waals surface area contributed by atoms with E-state index in [9.17, 15) is 9.90 Å². The van der Waals surface area contributed by atoms with Gasteiger partial charge in [-0.05, 0) is 43.9 Å². The molecule has 1 fully saturated rings. The van der Waals surface area contributed by atoms with E-state index in [1.165, 1.54) is 0 Å². The minimum absolute atomic E-state index is 0.0330. The number of benzene rings is 1. The maximum Gasteiger partial charge on any atom is 0.317 e. The molecule has 0 bridgehead atoms. The molecule has 1 saturated heterocycles. The smallest absolute Gasteiger partial charge is 0.317 e. The number of nitrogens with one attached hydrogen (secondary N) is 1. The number of nitrogens with zero attached hydrogens (tertiary/aromatic N) is 1. The van der Waals surface area contributed by atoms with Crippen LogP contribution in [-0.2, 0) is 6.42 Å². The minimum Gasteiger partial charge on any atom is -0.393 e. The van der Waals surface area contributed by atoms with E-state index in [0.717, 1.165) is 36.4 Å². The highest BCUT2D eigenvalue weighted by atomic mass is 35.5. The summed E-state index contributed by atoms with van der Waals surface area (Å²) >= 11 is 5.84. The Balaban J connectivity index is 1.75. The van der Waals surface area contributed by atoms with Crippen LogP contribution in [0, 0.1) is 5.92 Å². The number of aliphatic hydroxyl groups excluding tert-OH is 1. The summed E-state index contributed by atoms with van der Waals surface area (Å²) < 4.78 is 0. The maximum absolute atomic E-state index is 12.1. The van der Waals surface area contributed by atoms with Gasteiger partial charge in [-0.2, -0.15) is 0 Å². The van der Waals surface area contributed by atoms with Gasteiger partial charge in [0.05, 0.1) is 6.10 Å². The van der Waals surface area contributed by atoms with Crippen LogP contribution in [0.5, 0.6) is 0 Å². The molecule has 1 aliphatic heterocycles. The predicted molar refractivity (Wildman–Crippen MR) is 84.5 cm³/mol. The Hall–Kier alpha value is -1.26. The molecule has 2 N–H and O–H groups in total. The fourth-order valence-corrected chi connectivity index (χ4v) is 2.79. The van der Waals surface area contributed by atoms with Crippen LogP contribution in [0.25, 0.3) is 0 Å². The van der Waals surface area contributed by atoms with Crippen LogP contribution < -0.4 is 5.32 Å². The average Bonchev–Trinajstić information content (AvgIpc) is 2.49. The number of amides is 2.